The number of nitrogens with zero attached hydrogens (tertiary/aromatic N) is 5. The summed E-state index contributed by atoms with van der Waals surface area (Å²) < 4.78 is 27.3. The van der Waals surface area contributed by atoms with Crippen LogP contribution in [-0.4, -0.2) is 190 Å². The SMILES string of the molecule is Cc1c(-c2ccc(N3CCc4cccc(C(=O)Nc5nc6ccccc6s5)c4C3)nc2C(=O)O)cnn1CC12CC3(C)CC(C)(C1)CC(OCCNC(CC(O)NC(CO)(CO)CO)C(=O)OCc1ccc(CCCCN)cc1O[C@H]1O[C@@H](C(=O)O)[C@H](O)[C@@H](O)[C@@H]1O)(C3)C2. The third kappa shape index (κ3) is 14.5. The molecule has 3 aromatic heterocycles. The fraction of sp³-hybridized carbons (Fsp3) is 0.537. The quantitative estimate of drug-likeness (QED) is 0.0180. The van der Waals surface area contributed by atoms with Gasteiger partial charge in [0.25, 0.3) is 5.91 Å². The number of aliphatic hydroxyl groups excluding tert-OH is 7. The summed E-state index contributed by atoms with van der Waals surface area (Å²) in [6.07, 6.45) is -2.06. The van der Waals surface area contributed by atoms with Crippen molar-refractivity contribution in [1.82, 2.24) is 30.4 Å². The van der Waals surface area contributed by atoms with Crippen molar-refractivity contribution in [2.24, 2.45) is 22.0 Å². The van der Waals surface area contributed by atoms with Crippen molar-refractivity contribution in [2.45, 2.75) is 165 Å². The van der Waals surface area contributed by atoms with Gasteiger partial charge in [0.1, 0.15) is 48.8 Å². The van der Waals surface area contributed by atoms with Gasteiger partial charge in [0.2, 0.25) is 6.29 Å². The second-order valence-corrected chi connectivity index (χ2v) is 28.3. The van der Waals surface area contributed by atoms with E-state index in [1.54, 1.807) is 36.5 Å². The number of carbonyl (C=O) groups is 4. The molecular weight excluding hydrogens is 1230 g/mol. The Balaban J connectivity index is 0.773. The highest BCUT2D eigenvalue weighted by Gasteiger charge is 2.66. The molecule has 2 aliphatic heterocycles. The fourth-order valence-corrected chi connectivity index (χ4v) is 17.0. The lowest BCUT2D eigenvalue weighted by molar-refractivity contribution is -0.271. The number of rotatable bonds is 29. The Labute approximate surface area is 547 Å². The highest BCUT2D eigenvalue weighted by Crippen LogP contribution is 2.72. The largest absolute Gasteiger partial charge is 0.479 e. The van der Waals surface area contributed by atoms with E-state index in [0.717, 1.165) is 64.7 Å². The Morgan fingerprint density at radius 1 is 0.872 bits per heavy atom. The van der Waals surface area contributed by atoms with Gasteiger partial charge < -0.3 is 80.9 Å². The van der Waals surface area contributed by atoms with Crippen LogP contribution in [0.5, 0.6) is 5.75 Å². The minimum atomic E-state index is -1.96. The van der Waals surface area contributed by atoms with Gasteiger partial charge in [0, 0.05) is 60.5 Å². The maximum absolute atomic E-state index is 14.3. The van der Waals surface area contributed by atoms with Gasteiger partial charge in [0.15, 0.2) is 16.9 Å². The number of ether oxygens (including phenoxy) is 4. The van der Waals surface area contributed by atoms with Gasteiger partial charge >= 0.3 is 17.9 Å². The first-order valence-corrected chi connectivity index (χ1v) is 32.8. The maximum atomic E-state index is 14.3. The first-order valence-electron chi connectivity index (χ1n) is 31.9. The molecule has 6 aliphatic rings. The highest BCUT2D eigenvalue weighted by atomic mass is 32.1. The van der Waals surface area contributed by atoms with Gasteiger partial charge in [-0.1, -0.05) is 61.6 Å². The Hall–Kier alpha value is -7.09. The standard InChI is InChI=1S/C67H85N9O17S/c1-38-44(42-16-17-50(72-52(42)58(85)86)75-21-18-40-10-8-11-43(45(40)26-75)57(84)73-62-71-46-12-4-5-13-49(46)94-62)25-70-76(38)34-65-29-63(2)28-64(3,30-65)32-67(31-63,33-65)91-22-20-69-47(24-51(80)74-66(35-77,36-78)37-79)60(89)90-27-41-15-14-39(9-6-7-19-68)23-48(41)92-61-55(83)53(81)54(82)56(93-61)59(87)88/h4-5,8,10-17,23,25,47,51,53-56,61,69,74,77-83H,6-7,9,18-22,24,26-37,68H2,1-3H3,(H,85,86)(H,87,88)(H,71,73,84)/t47?,51?,53-,54-,55+,56-,61+,63?,64?,65?,67?/m1/s1. The molecule has 1 saturated heterocycles. The number of pyridine rings is 1. The van der Waals surface area contributed by atoms with Crippen molar-refractivity contribution < 1.29 is 84.1 Å². The third-order valence-electron chi connectivity index (χ3n) is 19.5. The zero-order valence-corrected chi connectivity index (χ0v) is 53.7. The maximum Gasteiger partial charge on any atom is 0.355 e. The van der Waals surface area contributed by atoms with Crippen LogP contribution < -0.4 is 31.3 Å². The van der Waals surface area contributed by atoms with Crippen molar-refractivity contribution in [3.8, 4) is 16.9 Å². The number of thiazole rings is 1. The van der Waals surface area contributed by atoms with E-state index in [-0.39, 0.29) is 58.7 Å². The van der Waals surface area contributed by atoms with E-state index in [2.05, 4.69) is 34.8 Å². The minimum absolute atomic E-state index is 0.0183. The van der Waals surface area contributed by atoms with Crippen molar-refractivity contribution >= 4 is 56.3 Å². The molecule has 3 aromatic carbocycles. The van der Waals surface area contributed by atoms with Gasteiger partial charge in [-0.25, -0.2) is 19.6 Å². The summed E-state index contributed by atoms with van der Waals surface area (Å²) in [6, 6.07) is 20.7. The molecule has 4 unspecified atom stereocenters. The molecule has 0 radical (unpaired) electrons. The number of carboxylic acids is 2. The number of aliphatic carboxylic acids is 1. The van der Waals surface area contributed by atoms with Crippen molar-refractivity contribution in [2.75, 3.05) is 56.3 Å². The average Bonchev–Trinajstić information content (AvgIpc) is 0.712. The Morgan fingerprint density at radius 2 is 1.63 bits per heavy atom. The summed E-state index contributed by atoms with van der Waals surface area (Å²) in [5.41, 5.74) is 8.91. The van der Waals surface area contributed by atoms with Gasteiger partial charge in [-0.3, -0.25) is 24.9 Å². The zero-order valence-electron chi connectivity index (χ0n) is 52.9. The number of aromatic nitrogens is 4. The van der Waals surface area contributed by atoms with Gasteiger partial charge in [-0.05, 0) is 147 Å². The van der Waals surface area contributed by atoms with Crippen molar-refractivity contribution in [3.05, 3.63) is 118 Å². The Bertz CT molecular complexity index is 3690. The summed E-state index contributed by atoms with van der Waals surface area (Å²) >= 11 is 1.40. The highest BCUT2D eigenvalue weighted by molar-refractivity contribution is 7.22. The lowest BCUT2D eigenvalue weighted by atomic mass is 9.39. The predicted molar refractivity (Wildman–Crippen MR) is 344 cm³/mol. The molecule has 14 N–H and O–H groups in total. The van der Waals surface area contributed by atoms with Crippen LogP contribution in [0.3, 0.4) is 0 Å². The van der Waals surface area contributed by atoms with Gasteiger partial charge in [-0.2, -0.15) is 5.10 Å². The van der Waals surface area contributed by atoms with Crippen LogP contribution in [0.25, 0.3) is 21.3 Å². The molecule has 94 heavy (non-hydrogen) atoms. The van der Waals surface area contributed by atoms with Crippen LogP contribution in [0.15, 0.2) is 79.0 Å². The molecule has 12 rings (SSSR count). The normalized spacial score (nSPS) is 26.2. The van der Waals surface area contributed by atoms with Gasteiger partial charge in [-0.15, -0.1) is 0 Å². The Morgan fingerprint density at radius 3 is 2.34 bits per heavy atom. The molecular formula is C67H85N9O17S. The summed E-state index contributed by atoms with van der Waals surface area (Å²) in [7, 11) is 0. The summed E-state index contributed by atoms with van der Waals surface area (Å²) in [6.45, 7) is 5.98. The number of hydrogen-bond donors (Lipinski definition) is 13. The second-order valence-electron chi connectivity index (χ2n) is 27.2. The number of amides is 1. The van der Waals surface area contributed by atoms with Crippen LogP contribution in [0.2, 0.25) is 0 Å². The lowest BCUT2D eigenvalue weighted by Gasteiger charge is -2.69. The van der Waals surface area contributed by atoms with E-state index < -0.39 is 98.5 Å². The molecule has 506 valence electrons. The predicted octanol–water partition coefficient (Wildman–Crippen LogP) is 3.78. The number of fused-ring (bicyclic) bond motifs is 2. The van der Waals surface area contributed by atoms with Gasteiger partial charge in [0.05, 0.1) is 54.0 Å². The number of benzene rings is 3. The van der Waals surface area contributed by atoms with E-state index in [1.165, 1.54) is 11.3 Å². The number of aliphatic hydroxyl groups is 7. The number of para-hydroxylation sites is 1. The van der Waals surface area contributed by atoms with E-state index in [0.29, 0.717) is 85.9 Å². The lowest BCUT2D eigenvalue weighted by Crippen LogP contribution is -2.64. The van der Waals surface area contributed by atoms with Crippen LogP contribution in [0.4, 0.5) is 10.9 Å². The van der Waals surface area contributed by atoms with Crippen LogP contribution in [0, 0.1) is 23.2 Å². The molecule has 5 heterocycles. The molecule has 5 fully saturated rings. The number of aryl methyl sites for hydroxylation is 1. The van der Waals surface area contributed by atoms with Crippen LogP contribution in [-0.2, 0) is 56.3 Å². The average molecular weight is 1320 g/mol. The van der Waals surface area contributed by atoms with Crippen molar-refractivity contribution in [1.29, 1.82) is 0 Å². The number of hydrogen-bond acceptors (Lipinski definition) is 23. The third-order valence-corrected chi connectivity index (χ3v) is 20.4. The molecule has 0 spiro atoms. The van der Waals surface area contributed by atoms with E-state index in [1.807, 2.05) is 59.0 Å². The first kappa shape index (κ1) is 68.3. The van der Waals surface area contributed by atoms with E-state index >= 15 is 0 Å². The molecule has 4 bridgehead atoms. The topological polar surface area (TPSA) is 396 Å². The number of unbranched alkanes of at least 4 members (excludes halogenated alkanes) is 1. The van der Waals surface area contributed by atoms with Crippen LogP contribution in [0.1, 0.15) is 120 Å². The number of anilines is 2. The zero-order chi connectivity index (χ0) is 66.9. The monoisotopic (exact) mass is 1320 g/mol. The second kappa shape index (κ2) is 27.9. The number of nitrogens with one attached hydrogen (secondary N) is 3. The molecule has 27 heteroatoms. The Kier molecular flexibility index (Phi) is 20.3. The van der Waals surface area contributed by atoms with E-state index in [4.69, 9.17) is 34.8 Å². The minimum Gasteiger partial charge on any atom is -0.479 e. The number of aromatic carboxylic acids is 1. The molecule has 1 amide bonds. The first-order chi connectivity index (χ1) is 44.9. The number of carbonyl (C=O) groups excluding carboxylic acids is 2. The summed E-state index contributed by atoms with van der Waals surface area (Å²) in [5, 5.41) is 108. The number of carboxylic acid groups (broad SMARTS) is 2. The summed E-state index contributed by atoms with van der Waals surface area (Å²) in [4.78, 5) is 64.6. The molecule has 26 nitrogen and oxygen atoms in total. The molecule has 9 atom stereocenters. The van der Waals surface area contributed by atoms with Crippen LogP contribution >= 0.6 is 11.3 Å². The summed E-state index contributed by atoms with van der Waals surface area (Å²) in [5.74, 6) is -3.43. The fourth-order valence-electron chi connectivity index (χ4n) is 16.1. The van der Waals surface area contributed by atoms with Crippen molar-refractivity contribution in [3.63, 3.8) is 0 Å². The molecule has 4 saturated carbocycles. The number of nitrogens with two attached hydrogens (primary N) is 1. The smallest absolute Gasteiger partial charge is 0.355 e. The molecule has 6 aromatic rings. The molecule has 4 aliphatic carbocycles. The van der Waals surface area contributed by atoms with E-state index in [9.17, 15) is 65.1 Å². The number of esters is 1.